The van der Waals surface area contributed by atoms with Crippen molar-refractivity contribution in [3.63, 3.8) is 0 Å². The van der Waals surface area contributed by atoms with Crippen molar-refractivity contribution in [1.29, 1.82) is 0 Å². The number of aliphatic hydroxyl groups is 1. The molecular formula is C26H30ClF3N2O7. The maximum atomic E-state index is 11.4. The standard InChI is InChI=1S/C24H29ClN2O5.C2HF3O2/c1-16(28)26-20-5-4-19(29)12-22(20)31-15-23(2,30)14-27-9-7-24(8-10-27)13-17-11-18(25)3-6-21(17)32-24;3-2(4,5)1(6)7/h3-6,11-12,29-30H,7-10,13-15H2,1-2H3,(H,26,28);(H,6,7)/t23-;/m0./s1. The fourth-order valence-electron chi connectivity index (χ4n) is 4.48. The zero-order valence-corrected chi connectivity index (χ0v) is 22.1. The van der Waals surface area contributed by atoms with Gasteiger partial charge in [-0.2, -0.15) is 13.2 Å². The fraction of sp³-hybridized carbons (Fsp3) is 0.462. The summed E-state index contributed by atoms with van der Waals surface area (Å²) >= 11 is 6.13. The second kappa shape index (κ2) is 11.9. The van der Waals surface area contributed by atoms with Crippen molar-refractivity contribution < 1.29 is 47.6 Å². The number of nitrogens with zero attached hydrogens (tertiary/aromatic N) is 1. The number of carboxylic acids is 1. The maximum absolute atomic E-state index is 11.4. The summed E-state index contributed by atoms with van der Waals surface area (Å²) < 4.78 is 43.8. The summed E-state index contributed by atoms with van der Waals surface area (Å²) in [5.74, 6) is -1.74. The second-order valence-electron chi connectivity index (χ2n) is 9.94. The average Bonchev–Trinajstić information content (AvgIpc) is 3.17. The molecule has 214 valence electrons. The van der Waals surface area contributed by atoms with Gasteiger partial charge in [-0.1, -0.05) is 11.6 Å². The van der Waals surface area contributed by atoms with E-state index in [1.807, 2.05) is 18.2 Å². The van der Waals surface area contributed by atoms with E-state index in [2.05, 4.69) is 10.2 Å². The molecular weight excluding hydrogens is 545 g/mol. The highest BCUT2D eigenvalue weighted by Crippen LogP contribution is 2.42. The Balaban J connectivity index is 0.000000532. The van der Waals surface area contributed by atoms with Gasteiger partial charge in [0.05, 0.1) is 5.69 Å². The fourth-order valence-corrected chi connectivity index (χ4v) is 4.68. The summed E-state index contributed by atoms with van der Waals surface area (Å²) in [7, 11) is 0. The summed E-state index contributed by atoms with van der Waals surface area (Å²) in [6.07, 6.45) is -2.48. The van der Waals surface area contributed by atoms with E-state index in [0.29, 0.717) is 18.0 Å². The number of aromatic hydroxyl groups is 1. The number of carbonyl (C=O) groups is 2. The minimum absolute atomic E-state index is 0.0190. The number of ether oxygens (including phenoxy) is 2. The number of hydrogen-bond donors (Lipinski definition) is 4. The quantitative estimate of drug-likeness (QED) is 0.377. The zero-order valence-electron chi connectivity index (χ0n) is 21.3. The van der Waals surface area contributed by atoms with Gasteiger partial charge in [-0.05, 0) is 42.8 Å². The molecule has 2 aromatic rings. The van der Waals surface area contributed by atoms with Crippen LogP contribution < -0.4 is 14.8 Å². The Morgan fingerprint density at radius 3 is 2.41 bits per heavy atom. The molecule has 0 radical (unpaired) electrons. The van der Waals surface area contributed by atoms with Crippen LogP contribution in [0.3, 0.4) is 0 Å². The molecule has 2 aromatic carbocycles. The van der Waals surface area contributed by atoms with Gasteiger partial charge >= 0.3 is 12.1 Å². The first-order valence-electron chi connectivity index (χ1n) is 12.0. The van der Waals surface area contributed by atoms with Crippen LogP contribution in [0, 0.1) is 0 Å². The molecule has 0 unspecified atom stereocenters. The van der Waals surface area contributed by atoms with Crippen molar-refractivity contribution in [2.24, 2.45) is 0 Å². The number of phenols is 1. The van der Waals surface area contributed by atoms with Crippen molar-refractivity contribution in [3.05, 3.63) is 47.0 Å². The van der Waals surface area contributed by atoms with Crippen molar-refractivity contribution in [2.75, 3.05) is 31.6 Å². The van der Waals surface area contributed by atoms with Crippen LogP contribution in [-0.4, -0.2) is 75.7 Å². The SMILES string of the molecule is CC(=O)Nc1ccc(O)cc1OC[C@@](C)(O)CN1CCC2(CC1)Cc1cc(Cl)ccc1O2.O=C(O)C(F)(F)F. The van der Waals surface area contributed by atoms with Gasteiger partial charge in [0.15, 0.2) is 0 Å². The Labute approximate surface area is 228 Å². The molecule has 1 saturated heterocycles. The third kappa shape index (κ3) is 8.64. The Kier molecular flexibility index (Phi) is 9.24. The molecule has 0 saturated carbocycles. The van der Waals surface area contributed by atoms with Crippen LogP contribution in [0.2, 0.25) is 5.02 Å². The number of benzene rings is 2. The van der Waals surface area contributed by atoms with Gasteiger partial charge in [0, 0.05) is 56.9 Å². The van der Waals surface area contributed by atoms with Crippen molar-refractivity contribution >= 4 is 29.2 Å². The van der Waals surface area contributed by atoms with E-state index < -0.39 is 17.7 Å². The molecule has 4 N–H and O–H groups in total. The summed E-state index contributed by atoms with van der Waals surface area (Å²) in [5.41, 5.74) is 0.300. The number of anilines is 1. The number of fused-ring (bicyclic) bond motifs is 1. The van der Waals surface area contributed by atoms with Crippen LogP contribution in [0.15, 0.2) is 36.4 Å². The number of amides is 1. The van der Waals surface area contributed by atoms with Crippen LogP contribution in [-0.2, 0) is 16.0 Å². The van der Waals surface area contributed by atoms with E-state index in [4.69, 9.17) is 31.0 Å². The summed E-state index contributed by atoms with van der Waals surface area (Å²) in [6.45, 7) is 5.20. The average molecular weight is 575 g/mol. The monoisotopic (exact) mass is 574 g/mol. The van der Waals surface area contributed by atoms with Crippen molar-refractivity contribution in [2.45, 2.75) is 50.5 Å². The van der Waals surface area contributed by atoms with E-state index in [1.54, 1.807) is 13.0 Å². The van der Waals surface area contributed by atoms with Crippen LogP contribution in [0.5, 0.6) is 17.2 Å². The normalized spacial score (nSPS) is 17.7. The highest BCUT2D eigenvalue weighted by Gasteiger charge is 2.43. The molecule has 1 fully saturated rings. The van der Waals surface area contributed by atoms with Gasteiger partial charge in [-0.15, -0.1) is 0 Å². The van der Waals surface area contributed by atoms with Crippen LogP contribution in [0.4, 0.5) is 18.9 Å². The van der Waals surface area contributed by atoms with Crippen LogP contribution in [0.1, 0.15) is 32.3 Å². The molecule has 0 aliphatic carbocycles. The van der Waals surface area contributed by atoms with E-state index in [-0.39, 0.29) is 23.9 Å². The van der Waals surface area contributed by atoms with E-state index in [9.17, 15) is 28.2 Å². The van der Waals surface area contributed by atoms with Gasteiger partial charge < -0.3 is 35.0 Å². The number of aliphatic carboxylic acids is 1. The van der Waals surface area contributed by atoms with E-state index >= 15 is 0 Å². The number of carboxylic acid groups (broad SMARTS) is 1. The highest BCUT2D eigenvalue weighted by molar-refractivity contribution is 6.30. The lowest BCUT2D eigenvalue weighted by molar-refractivity contribution is -0.192. The van der Waals surface area contributed by atoms with Crippen molar-refractivity contribution in [3.8, 4) is 17.2 Å². The Hall–Kier alpha value is -3.22. The lowest BCUT2D eigenvalue weighted by atomic mass is 9.86. The molecule has 1 amide bonds. The molecule has 0 bridgehead atoms. The number of nitrogens with one attached hydrogen (secondary N) is 1. The number of likely N-dealkylation sites (tertiary alicyclic amines) is 1. The van der Waals surface area contributed by atoms with Crippen LogP contribution in [0.25, 0.3) is 0 Å². The van der Waals surface area contributed by atoms with E-state index in [1.165, 1.54) is 19.1 Å². The Morgan fingerprint density at radius 2 is 1.82 bits per heavy atom. The Morgan fingerprint density at radius 1 is 1.18 bits per heavy atom. The molecule has 4 rings (SSSR count). The molecule has 39 heavy (non-hydrogen) atoms. The van der Waals surface area contributed by atoms with Gasteiger partial charge in [-0.3, -0.25) is 4.79 Å². The number of alkyl halides is 3. The zero-order chi connectivity index (χ0) is 29.0. The lowest BCUT2D eigenvalue weighted by Crippen LogP contribution is -2.52. The first kappa shape index (κ1) is 30.3. The number of halogens is 4. The lowest BCUT2D eigenvalue weighted by Gasteiger charge is -2.41. The topological polar surface area (TPSA) is 129 Å². The highest BCUT2D eigenvalue weighted by atomic mass is 35.5. The number of β-amino-alcohol motifs (C(OH)–C–C–N with tert-alkyl or cyclic N) is 1. The van der Waals surface area contributed by atoms with Gasteiger partial charge in [-0.25, -0.2) is 4.79 Å². The smallest absolute Gasteiger partial charge is 0.490 e. The first-order valence-corrected chi connectivity index (χ1v) is 12.4. The number of carbonyl (C=O) groups excluding carboxylic acids is 1. The summed E-state index contributed by atoms with van der Waals surface area (Å²) in [5, 5.41) is 31.2. The second-order valence-corrected chi connectivity index (χ2v) is 10.4. The predicted octanol–water partition coefficient (Wildman–Crippen LogP) is 4.24. The number of phenolic OH excluding ortho intramolecular Hbond substituents is 1. The third-order valence-corrected chi connectivity index (χ3v) is 6.49. The van der Waals surface area contributed by atoms with Gasteiger partial charge in [0.1, 0.15) is 35.1 Å². The molecule has 0 aromatic heterocycles. The summed E-state index contributed by atoms with van der Waals surface area (Å²) in [6, 6.07) is 10.2. The summed E-state index contributed by atoms with van der Waals surface area (Å²) in [4.78, 5) is 22.5. The van der Waals surface area contributed by atoms with E-state index in [0.717, 1.165) is 48.7 Å². The van der Waals surface area contributed by atoms with Gasteiger partial charge in [0.2, 0.25) is 5.91 Å². The molecule has 9 nitrogen and oxygen atoms in total. The van der Waals surface area contributed by atoms with Gasteiger partial charge in [0.25, 0.3) is 0 Å². The molecule has 13 heteroatoms. The first-order chi connectivity index (χ1) is 18.1. The molecule has 2 aliphatic rings. The molecule has 2 heterocycles. The minimum Gasteiger partial charge on any atom is -0.508 e. The molecule has 1 spiro atoms. The number of hydrogen-bond acceptors (Lipinski definition) is 7. The van der Waals surface area contributed by atoms with Crippen molar-refractivity contribution in [1.82, 2.24) is 4.90 Å². The Bertz CT molecular complexity index is 1200. The number of rotatable bonds is 6. The maximum Gasteiger partial charge on any atom is 0.490 e. The predicted molar refractivity (Wildman–Crippen MR) is 136 cm³/mol. The minimum atomic E-state index is -5.08. The molecule has 2 aliphatic heterocycles. The van der Waals surface area contributed by atoms with Crippen LogP contribution >= 0.6 is 11.6 Å². The third-order valence-electron chi connectivity index (χ3n) is 6.25. The number of piperidine rings is 1. The largest absolute Gasteiger partial charge is 0.508 e. The molecule has 1 atom stereocenters.